The van der Waals surface area contributed by atoms with Gasteiger partial charge in [0, 0.05) is 6.20 Å². The summed E-state index contributed by atoms with van der Waals surface area (Å²) in [6.07, 6.45) is 1.51. The normalized spacial score (nSPS) is 10.6. The van der Waals surface area contributed by atoms with Crippen LogP contribution in [0.15, 0.2) is 12.3 Å². The Labute approximate surface area is 95.2 Å². The molecule has 0 fully saturated rings. The van der Waals surface area contributed by atoms with E-state index in [1.165, 1.54) is 13.3 Å². The summed E-state index contributed by atoms with van der Waals surface area (Å²) in [7, 11) is 1.30. The first-order valence-electron chi connectivity index (χ1n) is 4.05. The number of carbonyl (C=O) groups is 1. The van der Waals surface area contributed by atoms with E-state index in [4.69, 9.17) is 23.2 Å². The number of nitrogens with one attached hydrogen (secondary N) is 1. The average molecular weight is 245 g/mol. The third-order valence-corrected chi connectivity index (χ3v) is 2.46. The first-order valence-corrected chi connectivity index (χ1v) is 4.80. The van der Waals surface area contributed by atoms with E-state index >= 15 is 0 Å². The minimum Gasteiger partial charge on any atom is -0.465 e. The molecule has 6 heteroatoms. The number of fused-ring (bicyclic) bond motifs is 1. The lowest BCUT2D eigenvalue weighted by Crippen LogP contribution is -2.00. The number of ether oxygens (including phenoxy) is 1. The maximum Gasteiger partial charge on any atom is 0.340 e. The van der Waals surface area contributed by atoms with Crippen molar-refractivity contribution in [2.24, 2.45) is 0 Å². The van der Waals surface area contributed by atoms with Crippen LogP contribution in [0.4, 0.5) is 0 Å². The molecule has 0 atom stereocenters. The van der Waals surface area contributed by atoms with Gasteiger partial charge in [-0.1, -0.05) is 23.2 Å². The highest BCUT2D eigenvalue weighted by Gasteiger charge is 2.16. The van der Waals surface area contributed by atoms with Crippen molar-refractivity contribution in [2.75, 3.05) is 7.11 Å². The topological polar surface area (TPSA) is 55.0 Å². The van der Waals surface area contributed by atoms with Crippen molar-refractivity contribution < 1.29 is 9.53 Å². The molecule has 0 saturated heterocycles. The molecule has 0 radical (unpaired) electrons. The summed E-state index contributed by atoms with van der Waals surface area (Å²) in [6.45, 7) is 0. The minimum absolute atomic E-state index is 0.180. The Hall–Kier alpha value is -1.26. The Morgan fingerprint density at radius 2 is 2.27 bits per heavy atom. The number of aromatic amines is 1. The Bertz CT molecular complexity index is 536. The molecule has 15 heavy (non-hydrogen) atoms. The van der Waals surface area contributed by atoms with Crippen molar-refractivity contribution in [1.82, 2.24) is 9.97 Å². The van der Waals surface area contributed by atoms with Crippen LogP contribution in [0.1, 0.15) is 10.4 Å². The highest BCUT2D eigenvalue weighted by Crippen LogP contribution is 2.27. The van der Waals surface area contributed by atoms with Gasteiger partial charge in [0.1, 0.15) is 10.3 Å². The smallest absolute Gasteiger partial charge is 0.340 e. The Morgan fingerprint density at radius 1 is 1.53 bits per heavy atom. The number of nitrogens with zero attached hydrogens (tertiary/aromatic N) is 1. The number of hydrogen-bond donors (Lipinski definition) is 1. The first kappa shape index (κ1) is 10.3. The van der Waals surface area contributed by atoms with Crippen molar-refractivity contribution in [3.05, 3.63) is 28.1 Å². The van der Waals surface area contributed by atoms with Gasteiger partial charge >= 0.3 is 5.97 Å². The maximum absolute atomic E-state index is 11.4. The molecule has 0 aliphatic heterocycles. The van der Waals surface area contributed by atoms with E-state index in [1.54, 1.807) is 6.07 Å². The van der Waals surface area contributed by atoms with E-state index in [2.05, 4.69) is 14.7 Å². The van der Waals surface area contributed by atoms with Crippen molar-refractivity contribution in [3.8, 4) is 0 Å². The summed E-state index contributed by atoms with van der Waals surface area (Å²) in [6, 6.07) is 1.59. The monoisotopic (exact) mass is 244 g/mol. The molecule has 0 saturated carbocycles. The predicted molar refractivity (Wildman–Crippen MR) is 57.5 cm³/mol. The molecule has 0 amide bonds. The van der Waals surface area contributed by atoms with Crippen molar-refractivity contribution in [1.29, 1.82) is 0 Å². The van der Waals surface area contributed by atoms with Crippen LogP contribution in [0.25, 0.3) is 10.9 Å². The lowest BCUT2D eigenvalue weighted by atomic mass is 10.2. The van der Waals surface area contributed by atoms with Gasteiger partial charge in [-0.25, -0.2) is 9.78 Å². The van der Waals surface area contributed by atoms with Crippen molar-refractivity contribution >= 4 is 40.1 Å². The highest BCUT2D eigenvalue weighted by molar-refractivity contribution is 6.37. The van der Waals surface area contributed by atoms with E-state index in [0.717, 1.165) is 0 Å². The Balaban J connectivity index is 2.74. The van der Waals surface area contributed by atoms with E-state index in [9.17, 15) is 4.79 Å². The lowest BCUT2D eigenvalue weighted by Gasteiger charge is -1.98. The number of rotatable bonds is 1. The van der Waals surface area contributed by atoms with Crippen LogP contribution >= 0.6 is 23.2 Å². The average Bonchev–Trinajstić information content (AvgIpc) is 2.60. The van der Waals surface area contributed by atoms with Crippen molar-refractivity contribution in [3.63, 3.8) is 0 Å². The standard InChI is InChI=1S/C9H6Cl2N2O2/c1-15-9(14)4-3-12-5-2-6(10)13-8(11)7(4)5/h2-3,12H,1H3. The molecule has 2 heterocycles. The zero-order valence-corrected chi connectivity index (χ0v) is 9.19. The fourth-order valence-corrected chi connectivity index (χ4v) is 1.88. The summed E-state index contributed by atoms with van der Waals surface area (Å²) in [4.78, 5) is 18.1. The van der Waals surface area contributed by atoms with Gasteiger partial charge in [-0.15, -0.1) is 0 Å². The second-order valence-electron chi connectivity index (χ2n) is 2.85. The molecule has 0 aliphatic carbocycles. The number of esters is 1. The second kappa shape index (κ2) is 3.72. The first-order chi connectivity index (χ1) is 7.13. The number of halogens is 2. The van der Waals surface area contributed by atoms with Crippen molar-refractivity contribution in [2.45, 2.75) is 0 Å². The van der Waals surface area contributed by atoms with Gasteiger partial charge in [-0.2, -0.15) is 0 Å². The molecule has 4 nitrogen and oxygen atoms in total. The van der Waals surface area contributed by atoms with Crippen LogP contribution in [0.5, 0.6) is 0 Å². The third kappa shape index (κ3) is 1.66. The van der Waals surface area contributed by atoms with E-state index in [-0.39, 0.29) is 10.3 Å². The summed E-state index contributed by atoms with van der Waals surface area (Å²) >= 11 is 11.6. The molecule has 0 aliphatic rings. The van der Waals surface area contributed by atoms with Crippen LogP contribution in [0, 0.1) is 0 Å². The quantitative estimate of drug-likeness (QED) is 0.620. The van der Waals surface area contributed by atoms with Gasteiger partial charge in [0.05, 0.1) is 23.6 Å². The molecule has 0 aromatic carbocycles. The maximum atomic E-state index is 11.4. The lowest BCUT2D eigenvalue weighted by molar-refractivity contribution is 0.0603. The van der Waals surface area contributed by atoms with E-state index in [0.29, 0.717) is 16.5 Å². The zero-order chi connectivity index (χ0) is 11.0. The fourth-order valence-electron chi connectivity index (χ4n) is 1.35. The van der Waals surface area contributed by atoms with Crippen LogP contribution in [-0.2, 0) is 4.74 Å². The van der Waals surface area contributed by atoms with Gasteiger partial charge in [0.15, 0.2) is 0 Å². The van der Waals surface area contributed by atoms with Gasteiger partial charge < -0.3 is 9.72 Å². The molecule has 2 rings (SSSR count). The fraction of sp³-hybridized carbons (Fsp3) is 0.111. The number of methoxy groups -OCH3 is 1. The third-order valence-electron chi connectivity index (χ3n) is 1.99. The molecule has 0 unspecified atom stereocenters. The molecular weight excluding hydrogens is 239 g/mol. The number of pyridine rings is 1. The number of H-pyrrole nitrogens is 1. The molecule has 1 N–H and O–H groups in total. The SMILES string of the molecule is COC(=O)c1c[nH]c2cc(Cl)nc(Cl)c12. The van der Waals surface area contributed by atoms with Crippen LogP contribution < -0.4 is 0 Å². The molecular formula is C9H6Cl2N2O2. The number of aromatic nitrogens is 2. The molecule has 0 bridgehead atoms. The van der Waals surface area contributed by atoms with Crippen LogP contribution in [-0.4, -0.2) is 23.0 Å². The van der Waals surface area contributed by atoms with E-state index in [1.807, 2.05) is 0 Å². The van der Waals surface area contributed by atoms with Gasteiger partial charge in [-0.05, 0) is 6.07 Å². The summed E-state index contributed by atoms with van der Waals surface area (Å²) in [5.41, 5.74) is 1.00. The predicted octanol–water partition coefficient (Wildman–Crippen LogP) is 2.66. The molecule has 78 valence electrons. The van der Waals surface area contributed by atoms with E-state index < -0.39 is 5.97 Å². The summed E-state index contributed by atoms with van der Waals surface area (Å²) in [5, 5.41) is 0.970. The molecule has 0 spiro atoms. The summed E-state index contributed by atoms with van der Waals surface area (Å²) < 4.78 is 4.61. The second-order valence-corrected chi connectivity index (χ2v) is 3.60. The van der Waals surface area contributed by atoms with Crippen LogP contribution in [0.3, 0.4) is 0 Å². The number of hydrogen-bond acceptors (Lipinski definition) is 3. The highest BCUT2D eigenvalue weighted by atomic mass is 35.5. The minimum atomic E-state index is -0.465. The number of carbonyl (C=O) groups excluding carboxylic acids is 1. The Kier molecular flexibility index (Phi) is 2.54. The van der Waals surface area contributed by atoms with Gasteiger partial charge in [0.25, 0.3) is 0 Å². The summed E-state index contributed by atoms with van der Waals surface area (Å²) in [5.74, 6) is -0.465. The molecule has 2 aromatic heterocycles. The van der Waals surface area contributed by atoms with Gasteiger partial charge in [-0.3, -0.25) is 0 Å². The molecule has 2 aromatic rings. The van der Waals surface area contributed by atoms with Gasteiger partial charge in [0.2, 0.25) is 0 Å². The Morgan fingerprint density at radius 3 is 2.93 bits per heavy atom. The largest absolute Gasteiger partial charge is 0.465 e. The van der Waals surface area contributed by atoms with Crippen LogP contribution in [0.2, 0.25) is 10.3 Å². The zero-order valence-electron chi connectivity index (χ0n) is 7.67.